The number of aryl methyl sites for hydroxylation is 2. The Bertz CT molecular complexity index is 995. The van der Waals surface area contributed by atoms with Gasteiger partial charge in [0, 0.05) is 23.9 Å². The number of anilines is 2. The van der Waals surface area contributed by atoms with Crippen LogP contribution in [0, 0.1) is 25.6 Å². The van der Waals surface area contributed by atoms with Gasteiger partial charge in [-0.2, -0.15) is 0 Å². The van der Waals surface area contributed by atoms with Crippen molar-refractivity contribution in [1.82, 2.24) is 9.97 Å². The van der Waals surface area contributed by atoms with E-state index in [1.165, 1.54) is 16.5 Å². The van der Waals surface area contributed by atoms with Crippen molar-refractivity contribution in [3.05, 3.63) is 46.9 Å². The van der Waals surface area contributed by atoms with Gasteiger partial charge in [0.1, 0.15) is 22.8 Å². The fraction of sp³-hybridized carbons (Fsp3) is 0.350. The molecule has 1 amide bonds. The number of para-hydroxylation sites is 1. The summed E-state index contributed by atoms with van der Waals surface area (Å²) in [5, 5.41) is 3.84. The highest BCUT2D eigenvalue weighted by molar-refractivity contribution is 7.18. The van der Waals surface area contributed by atoms with Gasteiger partial charge in [-0.15, -0.1) is 11.3 Å². The second-order valence-electron chi connectivity index (χ2n) is 6.89. The van der Waals surface area contributed by atoms with Crippen molar-refractivity contribution in [1.29, 1.82) is 0 Å². The highest BCUT2D eigenvalue weighted by Gasteiger charge is 2.27. The first kappa shape index (κ1) is 17.9. The predicted octanol–water partition coefficient (Wildman–Crippen LogP) is 4.30. The molecule has 0 spiro atoms. The van der Waals surface area contributed by atoms with E-state index >= 15 is 0 Å². The molecule has 2 aromatic heterocycles. The van der Waals surface area contributed by atoms with Crippen LogP contribution in [0.3, 0.4) is 0 Å². The van der Waals surface area contributed by atoms with E-state index in [1.54, 1.807) is 35.9 Å². The maximum atomic E-state index is 13.8. The first-order valence-electron chi connectivity index (χ1n) is 9.05. The molecular weight excluding hydrogens is 363 g/mol. The summed E-state index contributed by atoms with van der Waals surface area (Å²) in [4.78, 5) is 25.9. The molecule has 1 fully saturated rings. The van der Waals surface area contributed by atoms with Crippen molar-refractivity contribution < 1.29 is 9.18 Å². The van der Waals surface area contributed by atoms with Gasteiger partial charge in [0.05, 0.1) is 11.1 Å². The molecule has 1 aromatic carbocycles. The number of hydrogen-bond donors (Lipinski definition) is 1. The van der Waals surface area contributed by atoms with Gasteiger partial charge in [-0.1, -0.05) is 12.1 Å². The number of rotatable bonds is 3. The molecular formula is C20H21FN4OS. The third-order valence-corrected chi connectivity index (χ3v) is 6.36. The number of amides is 1. The molecule has 7 heteroatoms. The van der Waals surface area contributed by atoms with Crippen molar-refractivity contribution in [3.8, 4) is 0 Å². The summed E-state index contributed by atoms with van der Waals surface area (Å²) >= 11 is 1.69. The lowest BCUT2D eigenvalue weighted by Gasteiger charge is -2.32. The van der Waals surface area contributed by atoms with Gasteiger partial charge in [0.15, 0.2) is 0 Å². The molecule has 140 valence electrons. The molecule has 1 N–H and O–H groups in total. The molecule has 4 rings (SSSR count). The van der Waals surface area contributed by atoms with Crippen LogP contribution >= 0.6 is 11.3 Å². The number of piperidine rings is 1. The highest BCUT2D eigenvalue weighted by Crippen LogP contribution is 2.35. The average molecular weight is 384 g/mol. The molecule has 0 bridgehead atoms. The summed E-state index contributed by atoms with van der Waals surface area (Å²) < 4.78 is 13.8. The molecule has 0 saturated carbocycles. The number of halogens is 1. The molecule has 3 heterocycles. The van der Waals surface area contributed by atoms with Crippen molar-refractivity contribution in [2.75, 3.05) is 23.3 Å². The van der Waals surface area contributed by atoms with Crippen LogP contribution in [0.4, 0.5) is 15.9 Å². The van der Waals surface area contributed by atoms with E-state index in [4.69, 9.17) is 0 Å². The molecule has 1 aliphatic heterocycles. The Hall–Kier alpha value is -2.54. The van der Waals surface area contributed by atoms with Gasteiger partial charge in [-0.3, -0.25) is 4.79 Å². The van der Waals surface area contributed by atoms with E-state index in [2.05, 4.69) is 34.0 Å². The van der Waals surface area contributed by atoms with Gasteiger partial charge >= 0.3 is 0 Å². The number of nitrogens with zero attached hydrogens (tertiary/aromatic N) is 3. The number of hydrogen-bond acceptors (Lipinski definition) is 5. The predicted molar refractivity (Wildman–Crippen MR) is 107 cm³/mol. The van der Waals surface area contributed by atoms with Crippen LogP contribution in [0.2, 0.25) is 0 Å². The van der Waals surface area contributed by atoms with Crippen molar-refractivity contribution in [2.45, 2.75) is 26.7 Å². The summed E-state index contributed by atoms with van der Waals surface area (Å²) in [5.41, 5.74) is 1.47. The Morgan fingerprint density at radius 1 is 1.22 bits per heavy atom. The zero-order chi connectivity index (χ0) is 19.0. The van der Waals surface area contributed by atoms with Gasteiger partial charge in [-0.25, -0.2) is 14.4 Å². The number of nitrogens with one attached hydrogen (secondary N) is 1. The Kier molecular flexibility index (Phi) is 4.78. The van der Waals surface area contributed by atoms with Crippen LogP contribution in [0.5, 0.6) is 0 Å². The zero-order valence-electron chi connectivity index (χ0n) is 15.3. The van der Waals surface area contributed by atoms with Crippen LogP contribution in [-0.2, 0) is 4.79 Å². The van der Waals surface area contributed by atoms with E-state index < -0.39 is 5.82 Å². The second-order valence-corrected chi connectivity index (χ2v) is 8.09. The molecule has 5 nitrogen and oxygen atoms in total. The molecule has 1 saturated heterocycles. The standard InChI is InChI=1S/C20H21FN4OS/c1-12-13(2)27-20-17(12)18(22-11-23-20)25-9-7-14(8-10-25)19(26)24-16-6-4-3-5-15(16)21/h3-6,11,14H,7-10H2,1-2H3,(H,24,26). The maximum absolute atomic E-state index is 13.8. The lowest BCUT2D eigenvalue weighted by Crippen LogP contribution is -2.38. The Balaban J connectivity index is 1.47. The van der Waals surface area contributed by atoms with Crippen LogP contribution in [0.1, 0.15) is 23.3 Å². The van der Waals surface area contributed by atoms with Gasteiger partial charge in [0.25, 0.3) is 0 Å². The molecule has 0 unspecified atom stereocenters. The average Bonchev–Trinajstić information content (AvgIpc) is 2.98. The minimum atomic E-state index is -0.407. The van der Waals surface area contributed by atoms with E-state index in [0.29, 0.717) is 12.8 Å². The number of aromatic nitrogens is 2. The zero-order valence-corrected chi connectivity index (χ0v) is 16.1. The summed E-state index contributed by atoms with van der Waals surface area (Å²) in [6.45, 7) is 5.70. The molecule has 1 aliphatic rings. The van der Waals surface area contributed by atoms with Crippen LogP contribution in [0.15, 0.2) is 30.6 Å². The number of benzene rings is 1. The number of fused-ring (bicyclic) bond motifs is 1. The third kappa shape index (κ3) is 3.39. The third-order valence-electron chi connectivity index (χ3n) is 5.24. The number of thiophene rings is 1. The number of carbonyl (C=O) groups is 1. The van der Waals surface area contributed by atoms with Crippen molar-refractivity contribution in [3.63, 3.8) is 0 Å². The van der Waals surface area contributed by atoms with E-state index in [-0.39, 0.29) is 17.5 Å². The SMILES string of the molecule is Cc1sc2ncnc(N3CCC(C(=O)Nc4ccccc4F)CC3)c2c1C. The lowest BCUT2D eigenvalue weighted by atomic mass is 9.95. The van der Waals surface area contributed by atoms with Gasteiger partial charge in [-0.05, 0) is 44.4 Å². The topological polar surface area (TPSA) is 58.1 Å². The highest BCUT2D eigenvalue weighted by atomic mass is 32.1. The fourth-order valence-electron chi connectivity index (χ4n) is 3.55. The molecule has 0 radical (unpaired) electrons. The van der Waals surface area contributed by atoms with Gasteiger partial charge in [0.2, 0.25) is 5.91 Å². The molecule has 0 atom stereocenters. The summed E-state index contributed by atoms with van der Waals surface area (Å²) in [5.74, 6) is 0.309. The largest absolute Gasteiger partial charge is 0.356 e. The summed E-state index contributed by atoms with van der Waals surface area (Å²) in [6.07, 6.45) is 3.05. The second kappa shape index (κ2) is 7.23. The molecule has 3 aromatic rings. The van der Waals surface area contributed by atoms with E-state index in [9.17, 15) is 9.18 Å². The normalized spacial score (nSPS) is 15.3. The quantitative estimate of drug-likeness (QED) is 0.731. The molecule has 0 aliphatic carbocycles. The van der Waals surface area contributed by atoms with Crippen LogP contribution < -0.4 is 10.2 Å². The lowest BCUT2D eigenvalue weighted by molar-refractivity contribution is -0.120. The van der Waals surface area contributed by atoms with E-state index in [0.717, 1.165) is 29.1 Å². The fourth-order valence-corrected chi connectivity index (χ4v) is 4.55. The minimum Gasteiger partial charge on any atom is -0.356 e. The number of carbonyl (C=O) groups excluding carboxylic acids is 1. The van der Waals surface area contributed by atoms with Crippen LogP contribution in [0.25, 0.3) is 10.2 Å². The first-order valence-corrected chi connectivity index (χ1v) is 9.87. The Labute approximate surface area is 161 Å². The Morgan fingerprint density at radius 3 is 2.70 bits per heavy atom. The summed E-state index contributed by atoms with van der Waals surface area (Å²) in [6, 6.07) is 6.26. The molecule has 27 heavy (non-hydrogen) atoms. The van der Waals surface area contributed by atoms with Crippen LogP contribution in [-0.4, -0.2) is 29.0 Å². The van der Waals surface area contributed by atoms with Gasteiger partial charge < -0.3 is 10.2 Å². The summed E-state index contributed by atoms with van der Waals surface area (Å²) in [7, 11) is 0. The smallest absolute Gasteiger partial charge is 0.227 e. The van der Waals surface area contributed by atoms with E-state index in [1.807, 2.05) is 0 Å². The first-order chi connectivity index (χ1) is 13.0. The van der Waals surface area contributed by atoms with Crippen molar-refractivity contribution in [2.24, 2.45) is 5.92 Å². The monoisotopic (exact) mass is 384 g/mol. The maximum Gasteiger partial charge on any atom is 0.227 e. The minimum absolute atomic E-state index is 0.116. The van der Waals surface area contributed by atoms with Crippen molar-refractivity contribution >= 4 is 39.0 Å². The Morgan fingerprint density at radius 2 is 1.96 bits per heavy atom.